The molecule has 0 aliphatic rings. The van der Waals surface area contributed by atoms with Gasteiger partial charge in [0.25, 0.3) is 0 Å². The summed E-state index contributed by atoms with van der Waals surface area (Å²) in [5.74, 6) is 1.05. The molecule has 3 nitrogen and oxygen atoms in total. The summed E-state index contributed by atoms with van der Waals surface area (Å²) in [4.78, 5) is 7.01. The van der Waals surface area contributed by atoms with Crippen LogP contribution in [0.3, 0.4) is 0 Å². The van der Waals surface area contributed by atoms with Crippen LogP contribution in [0.5, 0.6) is 0 Å². The van der Waals surface area contributed by atoms with Crippen molar-refractivity contribution in [3.8, 4) is 0 Å². The lowest BCUT2D eigenvalue weighted by Gasteiger charge is -2.19. The van der Waals surface area contributed by atoms with Crippen LogP contribution in [0, 0.1) is 0 Å². The molecule has 2 aromatic rings. The summed E-state index contributed by atoms with van der Waals surface area (Å²) in [6.07, 6.45) is 2.15. The lowest BCUT2D eigenvalue weighted by Crippen LogP contribution is -2.19. The zero-order valence-corrected chi connectivity index (χ0v) is 15.2. The monoisotopic (exact) mass is 367 g/mol. The van der Waals surface area contributed by atoms with Gasteiger partial charge in [0.2, 0.25) is 0 Å². The molecule has 0 atom stereocenters. The zero-order chi connectivity index (χ0) is 15.2. The Morgan fingerprint density at radius 3 is 2.71 bits per heavy atom. The van der Waals surface area contributed by atoms with Gasteiger partial charge >= 0.3 is 0 Å². The maximum Gasteiger partial charge on any atom is 0.129 e. The molecule has 0 amide bonds. The van der Waals surface area contributed by atoms with Gasteiger partial charge in [0, 0.05) is 25.8 Å². The maximum atomic E-state index is 4.80. The first-order valence-corrected chi connectivity index (χ1v) is 8.88. The van der Waals surface area contributed by atoms with Crippen LogP contribution in [0.2, 0.25) is 0 Å². The summed E-state index contributed by atoms with van der Waals surface area (Å²) in [6, 6.07) is 6.56. The second-order valence-electron chi connectivity index (χ2n) is 5.22. The summed E-state index contributed by atoms with van der Waals surface area (Å²) in [6.45, 7) is 3.95. The van der Waals surface area contributed by atoms with E-state index < -0.39 is 0 Å². The normalized spacial score (nSPS) is 10.9. The van der Waals surface area contributed by atoms with Crippen molar-refractivity contribution in [3.63, 3.8) is 0 Å². The lowest BCUT2D eigenvalue weighted by molar-refractivity contribution is 0.797. The molecule has 2 rings (SSSR count). The average Bonchev–Trinajstić information content (AvgIpc) is 2.84. The quantitative estimate of drug-likeness (QED) is 0.793. The van der Waals surface area contributed by atoms with Crippen LogP contribution in [-0.2, 0) is 19.5 Å². The minimum absolute atomic E-state index is 0.879. The number of thiophene rings is 1. The summed E-state index contributed by atoms with van der Waals surface area (Å²) in [5, 5.41) is 5.41. The van der Waals surface area contributed by atoms with Crippen molar-refractivity contribution >= 4 is 33.1 Å². The van der Waals surface area contributed by atoms with Crippen molar-refractivity contribution in [1.29, 1.82) is 0 Å². The molecular weight excluding hydrogens is 346 g/mol. The number of aryl methyl sites for hydroxylation is 1. The van der Waals surface area contributed by atoms with Gasteiger partial charge in [0.05, 0.1) is 3.79 Å². The Balaban J connectivity index is 2.19. The van der Waals surface area contributed by atoms with Crippen molar-refractivity contribution in [2.45, 2.75) is 32.9 Å². The molecule has 0 bridgehead atoms. The van der Waals surface area contributed by atoms with Gasteiger partial charge in [-0.05, 0) is 64.1 Å². The first-order chi connectivity index (χ1) is 10.1. The van der Waals surface area contributed by atoms with E-state index in [1.54, 1.807) is 11.3 Å². The highest BCUT2D eigenvalue weighted by Gasteiger charge is 2.08. The van der Waals surface area contributed by atoms with Gasteiger partial charge in [-0.1, -0.05) is 13.3 Å². The van der Waals surface area contributed by atoms with E-state index in [4.69, 9.17) is 4.98 Å². The summed E-state index contributed by atoms with van der Waals surface area (Å²) >= 11 is 5.24. The molecule has 0 saturated heterocycles. The van der Waals surface area contributed by atoms with Crippen LogP contribution in [0.15, 0.2) is 27.4 Å². The molecule has 5 heteroatoms. The number of aromatic nitrogens is 1. The highest BCUT2D eigenvalue weighted by atomic mass is 79.9. The summed E-state index contributed by atoms with van der Waals surface area (Å²) < 4.78 is 1.18. The van der Waals surface area contributed by atoms with E-state index in [1.165, 1.54) is 20.6 Å². The number of pyridine rings is 1. The molecule has 0 radical (unpaired) electrons. The van der Waals surface area contributed by atoms with Crippen molar-refractivity contribution in [2.24, 2.45) is 0 Å². The standard InChI is InChI=1S/C16H22BrN3S/c1-4-5-14-6-12(9-18-2)8-16(19-14)20(3)10-13-7-15(17)21-11-13/h6-8,11,18H,4-5,9-10H2,1-3H3. The number of nitrogens with one attached hydrogen (secondary N) is 1. The fraction of sp³-hybridized carbons (Fsp3) is 0.438. The molecular formula is C16H22BrN3S. The molecule has 0 aliphatic heterocycles. The van der Waals surface area contributed by atoms with E-state index in [1.807, 2.05) is 7.05 Å². The first-order valence-electron chi connectivity index (χ1n) is 7.21. The Kier molecular flexibility index (Phi) is 6.21. The number of rotatable bonds is 7. The third-order valence-corrected chi connectivity index (χ3v) is 4.80. The molecule has 114 valence electrons. The predicted molar refractivity (Wildman–Crippen MR) is 95.1 cm³/mol. The first kappa shape index (κ1) is 16.5. The van der Waals surface area contributed by atoms with Crippen molar-refractivity contribution < 1.29 is 0 Å². The fourth-order valence-corrected chi connectivity index (χ4v) is 3.50. The number of hydrogen-bond acceptors (Lipinski definition) is 4. The van der Waals surface area contributed by atoms with Crippen LogP contribution >= 0.6 is 27.3 Å². The van der Waals surface area contributed by atoms with E-state index in [2.05, 4.69) is 63.7 Å². The van der Waals surface area contributed by atoms with Crippen LogP contribution < -0.4 is 10.2 Å². The molecule has 0 aromatic carbocycles. The maximum absolute atomic E-state index is 4.80. The van der Waals surface area contributed by atoms with E-state index in [0.29, 0.717) is 0 Å². The Morgan fingerprint density at radius 1 is 1.29 bits per heavy atom. The van der Waals surface area contributed by atoms with Crippen LogP contribution in [0.25, 0.3) is 0 Å². The third-order valence-electron chi connectivity index (χ3n) is 3.24. The van der Waals surface area contributed by atoms with Gasteiger partial charge in [-0.25, -0.2) is 4.98 Å². The van der Waals surface area contributed by atoms with E-state index >= 15 is 0 Å². The fourth-order valence-electron chi connectivity index (χ4n) is 2.30. The molecule has 1 N–H and O–H groups in total. The molecule has 2 aromatic heterocycles. The minimum atomic E-state index is 0.879. The second-order valence-corrected chi connectivity index (χ2v) is 7.51. The average molecular weight is 368 g/mol. The topological polar surface area (TPSA) is 28.2 Å². The number of anilines is 1. The van der Waals surface area contributed by atoms with Gasteiger partial charge < -0.3 is 10.2 Å². The molecule has 0 aliphatic carbocycles. The Labute approximate surface area is 139 Å². The molecule has 21 heavy (non-hydrogen) atoms. The largest absolute Gasteiger partial charge is 0.355 e. The number of halogens is 1. The third kappa shape index (κ3) is 4.80. The van der Waals surface area contributed by atoms with E-state index in [-0.39, 0.29) is 0 Å². The molecule has 0 unspecified atom stereocenters. The zero-order valence-electron chi connectivity index (χ0n) is 12.8. The lowest BCUT2D eigenvalue weighted by atomic mass is 10.1. The van der Waals surface area contributed by atoms with Crippen LogP contribution in [-0.4, -0.2) is 19.1 Å². The van der Waals surface area contributed by atoms with Crippen LogP contribution in [0.1, 0.15) is 30.2 Å². The number of nitrogens with zero attached hydrogens (tertiary/aromatic N) is 2. The van der Waals surface area contributed by atoms with E-state index in [0.717, 1.165) is 31.7 Å². The Morgan fingerprint density at radius 2 is 2.10 bits per heavy atom. The highest BCUT2D eigenvalue weighted by Crippen LogP contribution is 2.23. The van der Waals surface area contributed by atoms with Crippen molar-refractivity contribution in [2.75, 3.05) is 19.0 Å². The van der Waals surface area contributed by atoms with Crippen LogP contribution in [0.4, 0.5) is 5.82 Å². The smallest absolute Gasteiger partial charge is 0.129 e. The van der Waals surface area contributed by atoms with Gasteiger partial charge in [-0.3, -0.25) is 0 Å². The van der Waals surface area contributed by atoms with Crippen molar-refractivity contribution in [3.05, 3.63) is 44.2 Å². The SMILES string of the molecule is CCCc1cc(CNC)cc(N(C)Cc2csc(Br)c2)n1. The van der Waals surface area contributed by atoms with Gasteiger partial charge in [0.15, 0.2) is 0 Å². The van der Waals surface area contributed by atoms with Crippen molar-refractivity contribution in [1.82, 2.24) is 10.3 Å². The summed E-state index contributed by atoms with van der Waals surface area (Å²) in [7, 11) is 4.08. The van der Waals surface area contributed by atoms with Gasteiger partial charge in [-0.15, -0.1) is 11.3 Å². The molecule has 0 saturated carbocycles. The second kappa shape index (κ2) is 7.92. The summed E-state index contributed by atoms with van der Waals surface area (Å²) in [5.41, 5.74) is 3.79. The van der Waals surface area contributed by atoms with Gasteiger partial charge in [0.1, 0.15) is 5.82 Å². The molecule has 2 heterocycles. The Bertz CT molecular complexity index is 558. The number of hydrogen-bond donors (Lipinski definition) is 1. The highest BCUT2D eigenvalue weighted by molar-refractivity contribution is 9.11. The molecule has 0 spiro atoms. The predicted octanol–water partition coefficient (Wildman–Crippen LogP) is 4.21. The molecule has 0 fully saturated rings. The minimum Gasteiger partial charge on any atom is -0.355 e. The van der Waals surface area contributed by atoms with E-state index in [9.17, 15) is 0 Å². The Hall–Kier alpha value is -0.910. The van der Waals surface area contributed by atoms with Gasteiger partial charge in [-0.2, -0.15) is 0 Å².